The van der Waals surface area contributed by atoms with Gasteiger partial charge in [-0.25, -0.2) is 0 Å². The lowest BCUT2D eigenvalue weighted by Gasteiger charge is -2.17. The summed E-state index contributed by atoms with van der Waals surface area (Å²) in [6.07, 6.45) is 3.15. The Bertz CT molecular complexity index is 976. The standard InChI is InChI=1S/C20H23N5O3/c1-3-25(4-2)11-10-22-18(26)14-8-7-13(23-19(14)27)12-15-17-16(24-20(15)28)6-5-9-21-17/h5-9,12H,3-4,10-11H2,1-2H3,(H,22,26)(H,23,27)(H,24,28)/b15-12-. The van der Waals surface area contributed by atoms with E-state index in [-0.39, 0.29) is 11.5 Å². The van der Waals surface area contributed by atoms with Crippen molar-refractivity contribution in [2.24, 2.45) is 0 Å². The number of fused-ring (bicyclic) bond motifs is 1. The number of amides is 2. The number of aromatic amines is 1. The fourth-order valence-corrected chi connectivity index (χ4v) is 3.02. The number of hydrogen-bond acceptors (Lipinski definition) is 5. The van der Waals surface area contributed by atoms with Gasteiger partial charge in [0.2, 0.25) is 0 Å². The number of carbonyl (C=O) groups is 2. The zero-order valence-electron chi connectivity index (χ0n) is 15.9. The molecule has 146 valence electrons. The first-order valence-electron chi connectivity index (χ1n) is 9.25. The monoisotopic (exact) mass is 381 g/mol. The van der Waals surface area contributed by atoms with Gasteiger partial charge < -0.3 is 20.5 Å². The van der Waals surface area contributed by atoms with Crippen molar-refractivity contribution in [1.29, 1.82) is 0 Å². The Hall–Kier alpha value is -3.26. The molecule has 0 aliphatic carbocycles. The van der Waals surface area contributed by atoms with Gasteiger partial charge in [-0.3, -0.25) is 19.4 Å². The van der Waals surface area contributed by atoms with Gasteiger partial charge in [-0.1, -0.05) is 13.8 Å². The van der Waals surface area contributed by atoms with Crippen molar-refractivity contribution in [1.82, 2.24) is 20.2 Å². The predicted octanol–water partition coefficient (Wildman–Crippen LogP) is 1.33. The Morgan fingerprint density at radius 2 is 2.00 bits per heavy atom. The van der Waals surface area contributed by atoms with E-state index in [1.807, 2.05) is 0 Å². The van der Waals surface area contributed by atoms with Crippen LogP contribution in [0.15, 0.2) is 35.3 Å². The lowest BCUT2D eigenvalue weighted by Crippen LogP contribution is -2.36. The summed E-state index contributed by atoms with van der Waals surface area (Å²) >= 11 is 0. The fraction of sp³-hybridized carbons (Fsp3) is 0.300. The van der Waals surface area contributed by atoms with Gasteiger partial charge in [-0.15, -0.1) is 0 Å². The maximum Gasteiger partial charge on any atom is 0.261 e. The quantitative estimate of drug-likeness (QED) is 0.628. The summed E-state index contributed by atoms with van der Waals surface area (Å²) < 4.78 is 0. The highest BCUT2D eigenvalue weighted by molar-refractivity contribution is 6.34. The van der Waals surface area contributed by atoms with E-state index in [4.69, 9.17) is 0 Å². The van der Waals surface area contributed by atoms with E-state index < -0.39 is 11.5 Å². The van der Waals surface area contributed by atoms with Gasteiger partial charge in [0.25, 0.3) is 17.4 Å². The van der Waals surface area contributed by atoms with E-state index in [1.54, 1.807) is 30.5 Å². The van der Waals surface area contributed by atoms with E-state index in [0.29, 0.717) is 29.2 Å². The molecule has 1 aliphatic heterocycles. The number of pyridine rings is 2. The first-order chi connectivity index (χ1) is 13.5. The van der Waals surface area contributed by atoms with Crippen LogP contribution in [0.2, 0.25) is 0 Å². The van der Waals surface area contributed by atoms with Crippen LogP contribution in [0, 0.1) is 0 Å². The molecule has 1 aliphatic rings. The molecule has 0 atom stereocenters. The summed E-state index contributed by atoms with van der Waals surface area (Å²) in [7, 11) is 0. The van der Waals surface area contributed by atoms with Gasteiger partial charge in [0, 0.05) is 25.0 Å². The molecule has 2 aromatic heterocycles. The molecule has 0 saturated carbocycles. The number of likely N-dealkylation sites (N-methyl/N-ethyl adjacent to an activating group) is 1. The second kappa shape index (κ2) is 8.62. The van der Waals surface area contributed by atoms with Crippen molar-refractivity contribution < 1.29 is 9.59 Å². The molecule has 2 amide bonds. The molecule has 3 N–H and O–H groups in total. The largest absolute Gasteiger partial charge is 0.351 e. The molecular weight excluding hydrogens is 358 g/mol. The first-order valence-corrected chi connectivity index (χ1v) is 9.25. The van der Waals surface area contributed by atoms with Crippen molar-refractivity contribution in [3.8, 4) is 0 Å². The smallest absolute Gasteiger partial charge is 0.261 e. The van der Waals surface area contributed by atoms with Gasteiger partial charge in [0.05, 0.1) is 17.0 Å². The summed E-state index contributed by atoms with van der Waals surface area (Å²) in [4.78, 5) is 45.7. The van der Waals surface area contributed by atoms with Gasteiger partial charge in [-0.2, -0.15) is 0 Å². The third kappa shape index (κ3) is 4.17. The van der Waals surface area contributed by atoms with Crippen LogP contribution < -0.4 is 16.2 Å². The molecule has 0 aromatic carbocycles. The van der Waals surface area contributed by atoms with E-state index in [1.165, 1.54) is 6.07 Å². The highest BCUT2D eigenvalue weighted by Crippen LogP contribution is 2.30. The molecule has 0 bridgehead atoms. The van der Waals surface area contributed by atoms with Crippen molar-refractivity contribution >= 4 is 29.2 Å². The van der Waals surface area contributed by atoms with E-state index in [0.717, 1.165) is 19.6 Å². The normalized spacial score (nSPS) is 14.2. The van der Waals surface area contributed by atoms with Crippen LogP contribution in [0.3, 0.4) is 0 Å². The van der Waals surface area contributed by atoms with Crippen LogP contribution in [0.25, 0.3) is 11.6 Å². The van der Waals surface area contributed by atoms with Crippen LogP contribution >= 0.6 is 0 Å². The van der Waals surface area contributed by atoms with Crippen LogP contribution in [-0.2, 0) is 4.79 Å². The van der Waals surface area contributed by atoms with Crippen molar-refractivity contribution in [2.75, 3.05) is 31.5 Å². The minimum Gasteiger partial charge on any atom is -0.351 e. The summed E-state index contributed by atoms with van der Waals surface area (Å²) in [5.74, 6) is -0.703. The number of anilines is 1. The molecule has 3 heterocycles. The predicted molar refractivity (Wildman–Crippen MR) is 108 cm³/mol. The molecule has 0 radical (unpaired) electrons. The van der Waals surface area contributed by atoms with Gasteiger partial charge in [-0.05, 0) is 43.4 Å². The minimum absolute atomic E-state index is 0.0381. The summed E-state index contributed by atoms with van der Waals surface area (Å²) in [6, 6.07) is 6.55. The van der Waals surface area contributed by atoms with Gasteiger partial charge >= 0.3 is 0 Å². The highest BCUT2D eigenvalue weighted by Gasteiger charge is 2.25. The lowest BCUT2D eigenvalue weighted by molar-refractivity contribution is -0.110. The molecule has 0 fully saturated rings. The van der Waals surface area contributed by atoms with Crippen molar-refractivity contribution in [2.45, 2.75) is 13.8 Å². The Morgan fingerprint density at radius 1 is 1.21 bits per heavy atom. The number of hydrogen-bond donors (Lipinski definition) is 3. The lowest BCUT2D eigenvalue weighted by atomic mass is 10.1. The topological polar surface area (TPSA) is 107 Å². The van der Waals surface area contributed by atoms with Crippen molar-refractivity contribution in [3.05, 3.63) is 57.8 Å². The highest BCUT2D eigenvalue weighted by atomic mass is 16.2. The summed E-state index contributed by atoms with van der Waals surface area (Å²) in [6.45, 7) is 7.12. The van der Waals surface area contributed by atoms with E-state index in [9.17, 15) is 14.4 Å². The Morgan fingerprint density at radius 3 is 2.71 bits per heavy atom. The number of rotatable bonds is 7. The Balaban J connectivity index is 1.74. The number of carbonyl (C=O) groups excluding carboxylic acids is 2. The molecule has 3 rings (SSSR count). The molecule has 8 nitrogen and oxygen atoms in total. The number of nitrogens with one attached hydrogen (secondary N) is 3. The molecule has 2 aromatic rings. The molecular formula is C20H23N5O3. The zero-order valence-corrected chi connectivity index (χ0v) is 15.9. The molecule has 0 saturated heterocycles. The van der Waals surface area contributed by atoms with Gasteiger partial charge in [0.1, 0.15) is 5.56 Å². The minimum atomic E-state index is -0.505. The first kappa shape index (κ1) is 19.5. The molecule has 0 unspecified atom stereocenters. The third-order valence-corrected chi connectivity index (χ3v) is 4.64. The number of aromatic nitrogens is 2. The van der Waals surface area contributed by atoms with Gasteiger partial charge in [0.15, 0.2) is 0 Å². The average molecular weight is 381 g/mol. The third-order valence-electron chi connectivity index (χ3n) is 4.64. The summed E-state index contributed by atoms with van der Waals surface area (Å²) in [5, 5.41) is 5.49. The maximum atomic E-state index is 12.3. The fourth-order valence-electron chi connectivity index (χ4n) is 3.02. The SMILES string of the molecule is CCN(CC)CCNC(=O)c1ccc(/C=C2\C(=O)Nc3cccnc32)[nH]c1=O. The van der Waals surface area contributed by atoms with Crippen LogP contribution in [-0.4, -0.2) is 52.9 Å². The van der Waals surface area contributed by atoms with E-state index >= 15 is 0 Å². The van der Waals surface area contributed by atoms with Crippen LogP contribution in [0.5, 0.6) is 0 Å². The molecule has 8 heteroatoms. The maximum absolute atomic E-state index is 12.3. The second-order valence-corrected chi connectivity index (χ2v) is 6.35. The average Bonchev–Trinajstić information content (AvgIpc) is 3.00. The number of H-pyrrole nitrogens is 1. The number of nitrogens with zero attached hydrogens (tertiary/aromatic N) is 2. The van der Waals surface area contributed by atoms with Crippen molar-refractivity contribution in [3.63, 3.8) is 0 Å². The van der Waals surface area contributed by atoms with E-state index in [2.05, 4.69) is 39.3 Å². The van der Waals surface area contributed by atoms with Crippen LogP contribution in [0.4, 0.5) is 5.69 Å². The zero-order chi connectivity index (χ0) is 20.1. The second-order valence-electron chi connectivity index (χ2n) is 6.35. The van der Waals surface area contributed by atoms with Crippen LogP contribution in [0.1, 0.15) is 35.6 Å². The molecule has 0 spiro atoms. The summed E-state index contributed by atoms with van der Waals surface area (Å²) in [5.41, 5.74) is 1.48. The molecule has 28 heavy (non-hydrogen) atoms. The Kier molecular flexibility index (Phi) is 6.00. The Labute approximate surface area is 162 Å².